The van der Waals surface area contributed by atoms with Gasteiger partial charge in [0.1, 0.15) is 5.69 Å². The number of nitro groups is 1. The first-order valence-corrected chi connectivity index (χ1v) is 10.3. The summed E-state index contributed by atoms with van der Waals surface area (Å²) >= 11 is 0. The van der Waals surface area contributed by atoms with Gasteiger partial charge in [-0.3, -0.25) is 24.6 Å². The number of nitro benzene ring substituents is 1. The first kappa shape index (κ1) is 21.0. The molecule has 2 fully saturated rings. The van der Waals surface area contributed by atoms with Gasteiger partial charge in [0.05, 0.1) is 11.5 Å². The zero-order valence-corrected chi connectivity index (χ0v) is 16.9. The first-order valence-electron chi connectivity index (χ1n) is 10.3. The number of hydrogen-bond acceptors (Lipinski definition) is 6. The van der Waals surface area contributed by atoms with E-state index in [1.807, 2.05) is 16.7 Å². The number of anilines is 1. The van der Waals surface area contributed by atoms with Crippen molar-refractivity contribution < 1.29 is 14.5 Å². The number of rotatable bonds is 7. The van der Waals surface area contributed by atoms with Crippen LogP contribution in [0.1, 0.15) is 36.5 Å². The third kappa shape index (κ3) is 5.23. The van der Waals surface area contributed by atoms with Gasteiger partial charge < -0.3 is 15.1 Å². The lowest BCUT2D eigenvalue weighted by molar-refractivity contribution is -0.384. The van der Waals surface area contributed by atoms with Crippen molar-refractivity contribution >= 4 is 23.2 Å². The topological polar surface area (TPSA) is 99.0 Å². The molecule has 0 spiro atoms. The van der Waals surface area contributed by atoms with E-state index >= 15 is 0 Å². The van der Waals surface area contributed by atoms with Crippen LogP contribution in [0.25, 0.3) is 0 Å². The SMILES string of the molecule is CCCNC(=O)CN1CCN(C(=O)c2ccc(N3CCCC3)c([N+](=O)[O-])c2)CC1. The van der Waals surface area contributed by atoms with Crippen molar-refractivity contribution in [3.05, 3.63) is 33.9 Å². The Hall–Kier alpha value is -2.68. The fourth-order valence-electron chi connectivity index (χ4n) is 3.84. The van der Waals surface area contributed by atoms with Crippen molar-refractivity contribution in [2.45, 2.75) is 26.2 Å². The molecule has 1 aromatic rings. The van der Waals surface area contributed by atoms with Crippen LogP contribution in [-0.2, 0) is 4.79 Å². The van der Waals surface area contributed by atoms with Gasteiger partial charge >= 0.3 is 0 Å². The Balaban J connectivity index is 1.61. The molecule has 9 heteroatoms. The summed E-state index contributed by atoms with van der Waals surface area (Å²) in [6, 6.07) is 4.79. The van der Waals surface area contributed by atoms with Gasteiger partial charge in [0.2, 0.25) is 5.91 Å². The van der Waals surface area contributed by atoms with E-state index in [0.717, 1.165) is 32.4 Å². The van der Waals surface area contributed by atoms with Crippen LogP contribution >= 0.6 is 0 Å². The molecule has 2 aliphatic heterocycles. The molecule has 0 radical (unpaired) electrons. The maximum atomic E-state index is 12.9. The number of benzene rings is 1. The predicted octanol–water partition coefficient (Wildman–Crippen LogP) is 1.48. The largest absolute Gasteiger partial charge is 0.366 e. The fourth-order valence-corrected chi connectivity index (χ4v) is 3.84. The van der Waals surface area contributed by atoms with Crippen LogP contribution in [-0.4, -0.2) is 78.9 Å². The Labute approximate surface area is 170 Å². The van der Waals surface area contributed by atoms with Gasteiger partial charge in [-0.1, -0.05) is 6.92 Å². The number of nitrogens with one attached hydrogen (secondary N) is 1. The average Bonchev–Trinajstić information content (AvgIpc) is 3.26. The summed E-state index contributed by atoms with van der Waals surface area (Å²) in [5.74, 6) is -0.198. The molecule has 0 bridgehead atoms. The molecule has 1 N–H and O–H groups in total. The summed E-state index contributed by atoms with van der Waals surface area (Å²) in [6.45, 7) is 6.85. The highest BCUT2D eigenvalue weighted by atomic mass is 16.6. The minimum atomic E-state index is -0.405. The Bertz CT molecular complexity index is 755. The maximum Gasteiger partial charge on any atom is 0.293 e. The van der Waals surface area contributed by atoms with E-state index in [9.17, 15) is 19.7 Å². The normalized spacial score (nSPS) is 17.4. The number of amides is 2. The highest BCUT2D eigenvalue weighted by Crippen LogP contribution is 2.32. The highest BCUT2D eigenvalue weighted by molar-refractivity contribution is 5.96. The number of carbonyl (C=O) groups excluding carboxylic acids is 2. The molecule has 0 aliphatic carbocycles. The van der Waals surface area contributed by atoms with Crippen molar-refractivity contribution in [2.24, 2.45) is 0 Å². The Morgan fingerprint density at radius 3 is 2.41 bits per heavy atom. The van der Waals surface area contributed by atoms with Crippen molar-refractivity contribution in [3.8, 4) is 0 Å². The summed E-state index contributed by atoms with van der Waals surface area (Å²) in [7, 11) is 0. The van der Waals surface area contributed by atoms with Crippen LogP contribution in [0, 0.1) is 10.1 Å². The summed E-state index contributed by atoms with van der Waals surface area (Å²) in [5, 5.41) is 14.4. The molecular formula is C20H29N5O4. The van der Waals surface area contributed by atoms with Crippen LogP contribution < -0.4 is 10.2 Å². The molecule has 0 saturated carbocycles. The van der Waals surface area contributed by atoms with Gasteiger partial charge in [0.25, 0.3) is 11.6 Å². The maximum absolute atomic E-state index is 12.9. The van der Waals surface area contributed by atoms with Crippen LogP contribution in [0.15, 0.2) is 18.2 Å². The van der Waals surface area contributed by atoms with E-state index in [-0.39, 0.29) is 17.5 Å². The van der Waals surface area contributed by atoms with Crippen molar-refractivity contribution in [1.29, 1.82) is 0 Å². The molecule has 2 saturated heterocycles. The summed E-state index contributed by atoms with van der Waals surface area (Å²) in [6.07, 6.45) is 2.95. The van der Waals surface area contributed by atoms with E-state index in [1.165, 1.54) is 6.07 Å². The molecule has 9 nitrogen and oxygen atoms in total. The minimum Gasteiger partial charge on any atom is -0.366 e. The standard InChI is InChI=1S/C20H29N5O4/c1-2-7-21-19(26)15-22-10-12-24(13-11-22)20(27)16-5-6-17(18(14-16)25(28)29)23-8-3-4-9-23/h5-6,14H,2-4,7-13,15H2,1H3,(H,21,26). The van der Waals surface area contributed by atoms with Gasteiger partial charge in [-0.25, -0.2) is 0 Å². The number of piperazine rings is 1. The Morgan fingerprint density at radius 2 is 1.79 bits per heavy atom. The molecule has 29 heavy (non-hydrogen) atoms. The minimum absolute atomic E-state index is 0.000229. The van der Waals surface area contributed by atoms with Gasteiger partial charge in [-0.15, -0.1) is 0 Å². The smallest absolute Gasteiger partial charge is 0.293 e. The van der Waals surface area contributed by atoms with Crippen LogP contribution in [0.4, 0.5) is 11.4 Å². The highest BCUT2D eigenvalue weighted by Gasteiger charge is 2.27. The monoisotopic (exact) mass is 403 g/mol. The fraction of sp³-hybridized carbons (Fsp3) is 0.600. The molecule has 0 atom stereocenters. The molecule has 0 aromatic heterocycles. The van der Waals surface area contributed by atoms with E-state index in [0.29, 0.717) is 50.5 Å². The lowest BCUT2D eigenvalue weighted by Crippen LogP contribution is -2.51. The average molecular weight is 403 g/mol. The number of hydrogen-bond donors (Lipinski definition) is 1. The lowest BCUT2D eigenvalue weighted by Gasteiger charge is -2.34. The van der Waals surface area contributed by atoms with Crippen molar-refractivity contribution in [3.63, 3.8) is 0 Å². The zero-order chi connectivity index (χ0) is 20.8. The third-order valence-electron chi connectivity index (χ3n) is 5.46. The van der Waals surface area contributed by atoms with E-state index in [4.69, 9.17) is 0 Å². The van der Waals surface area contributed by atoms with E-state index < -0.39 is 4.92 Å². The summed E-state index contributed by atoms with van der Waals surface area (Å²) in [5.41, 5.74) is 0.921. The molecule has 2 amide bonds. The second-order valence-electron chi connectivity index (χ2n) is 7.57. The second-order valence-corrected chi connectivity index (χ2v) is 7.57. The molecule has 0 unspecified atom stereocenters. The predicted molar refractivity (Wildman–Crippen MR) is 110 cm³/mol. The number of carbonyl (C=O) groups is 2. The zero-order valence-electron chi connectivity index (χ0n) is 16.9. The molecule has 2 heterocycles. The van der Waals surface area contributed by atoms with Gasteiger partial charge in [-0.2, -0.15) is 0 Å². The van der Waals surface area contributed by atoms with E-state index in [1.54, 1.807) is 17.0 Å². The van der Waals surface area contributed by atoms with E-state index in [2.05, 4.69) is 5.32 Å². The first-order chi connectivity index (χ1) is 14.0. The van der Waals surface area contributed by atoms with Crippen LogP contribution in [0.2, 0.25) is 0 Å². The summed E-state index contributed by atoms with van der Waals surface area (Å²) < 4.78 is 0. The Morgan fingerprint density at radius 1 is 1.10 bits per heavy atom. The molecule has 2 aliphatic rings. The molecular weight excluding hydrogens is 374 g/mol. The van der Waals surface area contributed by atoms with Crippen LogP contribution in [0.5, 0.6) is 0 Å². The van der Waals surface area contributed by atoms with Crippen LogP contribution in [0.3, 0.4) is 0 Å². The lowest BCUT2D eigenvalue weighted by atomic mass is 10.1. The third-order valence-corrected chi connectivity index (χ3v) is 5.46. The molecule has 158 valence electrons. The van der Waals surface area contributed by atoms with Gasteiger partial charge in [-0.05, 0) is 31.4 Å². The number of nitrogens with zero attached hydrogens (tertiary/aromatic N) is 4. The van der Waals surface area contributed by atoms with Crippen molar-refractivity contribution in [2.75, 3.05) is 57.3 Å². The van der Waals surface area contributed by atoms with Gasteiger partial charge in [0.15, 0.2) is 0 Å². The summed E-state index contributed by atoms with van der Waals surface area (Å²) in [4.78, 5) is 41.6. The van der Waals surface area contributed by atoms with Gasteiger partial charge in [0, 0.05) is 57.4 Å². The molecule has 3 rings (SSSR count). The molecule has 1 aromatic carbocycles. The quantitative estimate of drug-likeness (QED) is 0.547. The van der Waals surface area contributed by atoms with Crippen molar-refractivity contribution in [1.82, 2.24) is 15.1 Å². The second kappa shape index (κ2) is 9.69. The Kier molecular flexibility index (Phi) is 7.03.